The highest BCUT2D eigenvalue weighted by atomic mass is 79.9. The van der Waals surface area contributed by atoms with Crippen LogP contribution in [0.4, 0.5) is 0 Å². The maximum absolute atomic E-state index is 4.21. The molecule has 4 heteroatoms. The molecule has 2 nitrogen and oxygen atoms in total. The lowest BCUT2D eigenvalue weighted by molar-refractivity contribution is 0.690. The maximum atomic E-state index is 4.21. The monoisotopic (exact) mass is 282 g/mol. The molecule has 0 aliphatic carbocycles. The third-order valence-corrected chi connectivity index (χ3v) is 3.31. The molecule has 0 unspecified atom stereocenters. The molecule has 0 atom stereocenters. The number of benzene rings is 1. The maximum Gasteiger partial charge on any atom is 0.106 e. The van der Waals surface area contributed by atoms with Crippen LogP contribution in [0.15, 0.2) is 40.3 Å². The summed E-state index contributed by atoms with van der Waals surface area (Å²) in [5.74, 6) is 0. The lowest BCUT2D eigenvalue weighted by Crippen LogP contribution is -2.12. The average Bonchev–Trinajstić information content (AvgIpc) is 2.74. The predicted molar refractivity (Wildman–Crippen MR) is 66.8 cm³/mol. The lowest BCUT2D eigenvalue weighted by Gasteiger charge is -2.02. The Balaban J connectivity index is 1.81. The minimum atomic E-state index is 0.841. The molecule has 15 heavy (non-hydrogen) atoms. The number of aromatic nitrogens is 1. The van der Waals surface area contributed by atoms with E-state index in [1.807, 2.05) is 11.6 Å². The van der Waals surface area contributed by atoms with Gasteiger partial charge in [0.15, 0.2) is 0 Å². The third-order valence-electron chi connectivity index (χ3n) is 2.00. The lowest BCUT2D eigenvalue weighted by atomic mass is 10.2. The second-order valence-electron chi connectivity index (χ2n) is 3.16. The minimum absolute atomic E-state index is 0.841. The Kier molecular flexibility index (Phi) is 3.88. The van der Waals surface area contributed by atoms with Crippen LogP contribution < -0.4 is 5.32 Å². The van der Waals surface area contributed by atoms with Crippen LogP contribution in [0.3, 0.4) is 0 Å². The van der Waals surface area contributed by atoms with Gasteiger partial charge in [0.05, 0.1) is 0 Å². The second kappa shape index (κ2) is 5.39. The van der Waals surface area contributed by atoms with Crippen molar-refractivity contribution in [3.8, 4) is 0 Å². The van der Waals surface area contributed by atoms with Crippen molar-refractivity contribution in [1.29, 1.82) is 0 Å². The van der Waals surface area contributed by atoms with Crippen molar-refractivity contribution in [2.75, 3.05) is 0 Å². The molecule has 0 spiro atoms. The molecule has 1 N–H and O–H groups in total. The highest BCUT2D eigenvalue weighted by Gasteiger charge is 1.95. The first-order valence-electron chi connectivity index (χ1n) is 4.68. The molecule has 1 aromatic carbocycles. The van der Waals surface area contributed by atoms with Gasteiger partial charge >= 0.3 is 0 Å². The Bertz CT molecular complexity index is 397. The van der Waals surface area contributed by atoms with Crippen molar-refractivity contribution in [3.63, 3.8) is 0 Å². The summed E-state index contributed by atoms with van der Waals surface area (Å²) in [6.45, 7) is 1.72. The van der Waals surface area contributed by atoms with E-state index in [2.05, 4.69) is 50.5 Å². The topological polar surface area (TPSA) is 24.9 Å². The molecule has 1 heterocycles. The molecular formula is C11H11BrN2S. The van der Waals surface area contributed by atoms with Gasteiger partial charge in [0.1, 0.15) is 5.01 Å². The van der Waals surface area contributed by atoms with Crippen LogP contribution in [-0.4, -0.2) is 4.98 Å². The molecular weight excluding hydrogens is 272 g/mol. The molecule has 1 aromatic heterocycles. The van der Waals surface area contributed by atoms with Crippen LogP contribution in [0, 0.1) is 0 Å². The normalized spacial score (nSPS) is 10.5. The molecule has 0 bridgehead atoms. The number of rotatable bonds is 4. The van der Waals surface area contributed by atoms with E-state index in [9.17, 15) is 0 Å². The van der Waals surface area contributed by atoms with Gasteiger partial charge in [-0.25, -0.2) is 4.98 Å². The van der Waals surface area contributed by atoms with Gasteiger partial charge in [-0.1, -0.05) is 28.1 Å². The molecule has 0 radical (unpaired) electrons. The fourth-order valence-electron chi connectivity index (χ4n) is 1.26. The smallest absolute Gasteiger partial charge is 0.106 e. The summed E-state index contributed by atoms with van der Waals surface area (Å²) in [7, 11) is 0. The first kappa shape index (κ1) is 10.8. The van der Waals surface area contributed by atoms with Crippen molar-refractivity contribution < 1.29 is 0 Å². The van der Waals surface area contributed by atoms with Crippen molar-refractivity contribution in [2.24, 2.45) is 0 Å². The molecule has 0 amide bonds. The molecule has 0 fully saturated rings. The Labute approximate surface area is 101 Å². The minimum Gasteiger partial charge on any atom is -0.306 e. The summed E-state index contributed by atoms with van der Waals surface area (Å²) < 4.78 is 1.12. The zero-order valence-electron chi connectivity index (χ0n) is 8.11. The third kappa shape index (κ3) is 3.41. The van der Waals surface area contributed by atoms with Gasteiger partial charge in [-0.3, -0.25) is 0 Å². The van der Waals surface area contributed by atoms with Gasteiger partial charge in [0.25, 0.3) is 0 Å². The van der Waals surface area contributed by atoms with Crippen LogP contribution in [0.25, 0.3) is 0 Å². The van der Waals surface area contributed by atoms with Crippen LogP contribution in [0.2, 0.25) is 0 Å². The van der Waals surface area contributed by atoms with E-state index in [1.54, 1.807) is 11.3 Å². The Hall–Kier alpha value is -0.710. The standard InChI is InChI=1S/C11H11BrN2S/c12-10-3-1-9(2-4-10)7-13-8-11-14-5-6-15-11/h1-6,13H,7-8H2. The SMILES string of the molecule is Brc1ccc(CNCc2nccs2)cc1. The van der Waals surface area contributed by atoms with E-state index in [0.717, 1.165) is 22.6 Å². The van der Waals surface area contributed by atoms with E-state index >= 15 is 0 Å². The van der Waals surface area contributed by atoms with Gasteiger partial charge < -0.3 is 5.32 Å². The number of thiazole rings is 1. The van der Waals surface area contributed by atoms with Crippen LogP contribution in [0.5, 0.6) is 0 Å². The number of halogens is 1. The highest BCUT2D eigenvalue weighted by molar-refractivity contribution is 9.10. The van der Waals surface area contributed by atoms with E-state index in [4.69, 9.17) is 0 Å². The highest BCUT2D eigenvalue weighted by Crippen LogP contribution is 2.10. The number of nitrogens with zero attached hydrogens (tertiary/aromatic N) is 1. The average molecular weight is 283 g/mol. The zero-order valence-corrected chi connectivity index (χ0v) is 10.5. The predicted octanol–water partition coefficient (Wildman–Crippen LogP) is 3.20. The van der Waals surface area contributed by atoms with Gasteiger partial charge in [0.2, 0.25) is 0 Å². The number of hydrogen-bond acceptors (Lipinski definition) is 3. The van der Waals surface area contributed by atoms with Crippen molar-refractivity contribution >= 4 is 27.3 Å². The fraction of sp³-hybridized carbons (Fsp3) is 0.182. The first-order chi connectivity index (χ1) is 7.34. The Morgan fingerprint density at radius 2 is 2.00 bits per heavy atom. The molecule has 0 aliphatic heterocycles. The second-order valence-corrected chi connectivity index (χ2v) is 5.05. The Morgan fingerprint density at radius 3 is 2.67 bits per heavy atom. The fourth-order valence-corrected chi connectivity index (χ4v) is 2.11. The number of hydrogen-bond donors (Lipinski definition) is 1. The first-order valence-corrected chi connectivity index (χ1v) is 6.35. The Morgan fingerprint density at radius 1 is 1.20 bits per heavy atom. The van der Waals surface area contributed by atoms with E-state index < -0.39 is 0 Å². The summed E-state index contributed by atoms with van der Waals surface area (Å²) >= 11 is 5.10. The van der Waals surface area contributed by atoms with Gasteiger partial charge in [-0.15, -0.1) is 11.3 Å². The quantitative estimate of drug-likeness (QED) is 0.932. The summed E-state index contributed by atoms with van der Waals surface area (Å²) in [5.41, 5.74) is 1.29. The zero-order chi connectivity index (χ0) is 10.5. The largest absolute Gasteiger partial charge is 0.306 e. The van der Waals surface area contributed by atoms with Crippen molar-refractivity contribution in [3.05, 3.63) is 50.9 Å². The van der Waals surface area contributed by atoms with E-state index in [1.165, 1.54) is 5.56 Å². The van der Waals surface area contributed by atoms with Gasteiger partial charge in [-0.2, -0.15) is 0 Å². The molecule has 2 aromatic rings. The molecule has 0 saturated heterocycles. The van der Waals surface area contributed by atoms with Crippen LogP contribution >= 0.6 is 27.3 Å². The van der Waals surface area contributed by atoms with Crippen LogP contribution in [-0.2, 0) is 13.1 Å². The molecule has 0 aliphatic rings. The molecule has 78 valence electrons. The summed E-state index contributed by atoms with van der Waals surface area (Å²) in [6, 6.07) is 8.33. The number of nitrogens with one attached hydrogen (secondary N) is 1. The van der Waals surface area contributed by atoms with E-state index in [0.29, 0.717) is 0 Å². The molecule has 0 saturated carbocycles. The van der Waals surface area contributed by atoms with Gasteiger partial charge in [-0.05, 0) is 17.7 Å². The summed E-state index contributed by atoms with van der Waals surface area (Å²) in [4.78, 5) is 4.21. The van der Waals surface area contributed by atoms with Crippen LogP contribution in [0.1, 0.15) is 10.6 Å². The molecule has 2 rings (SSSR count). The van der Waals surface area contributed by atoms with Gasteiger partial charge in [0, 0.05) is 29.1 Å². The van der Waals surface area contributed by atoms with Crippen molar-refractivity contribution in [1.82, 2.24) is 10.3 Å². The summed E-state index contributed by atoms with van der Waals surface area (Å²) in [5, 5.41) is 6.48. The summed E-state index contributed by atoms with van der Waals surface area (Å²) in [6.07, 6.45) is 1.83. The van der Waals surface area contributed by atoms with Crippen molar-refractivity contribution in [2.45, 2.75) is 13.1 Å². The van der Waals surface area contributed by atoms with E-state index in [-0.39, 0.29) is 0 Å².